The number of anilines is 2. The first-order chi connectivity index (χ1) is 19.9. The van der Waals surface area contributed by atoms with Crippen LogP contribution < -0.4 is 26.2 Å². The molecule has 4 N–H and O–H groups in total. The molecule has 4 aromatic rings. The van der Waals surface area contributed by atoms with E-state index in [9.17, 15) is 18.0 Å². The van der Waals surface area contributed by atoms with E-state index in [4.69, 9.17) is 12.2 Å². The molecular formula is C29H30F3N7O2S. The highest BCUT2D eigenvalue weighted by molar-refractivity contribution is 7.80. The van der Waals surface area contributed by atoms with E-state index < -0.39 is 6.36 Å². The molecule has 0 aliphatic carbocycles. The van der Waals surface area contributed by atoms with Gasteiger partial charge in [0.25, 0.3) is 0 Å². The smallest absolute Gasteiger partial charge is 0.406 e. The molecule has 1 aromatic heterocycles. The molecule has 220 valence electrons. The van der Waals surface area contributed by atoms with Crippen molar-refractivity contribution in [3.63, 3.8) is 0 Å². The van der Waals surface area contributed by atoms with Crippen LogP contribution in [-0.2, 0) is 4.79 Å². The summed E-state index contributed by atoms with van der Waals surface area (Å²) < 4.78 is 42.8. The monoisotopic (exact) mass is 597 g/mol. The lowest BCUT2D eigenvalue weighted by molar-refractivity contribution is -0.274. The predicted molar refractivity (Wildman–Crippen MR) is 159 cm³/mol. The van der Waals surface area contributed by atoms with Crippen molar-refractivity contribution >= 4 is 34.9 Å². The number of hydrogen-bond donors (Lipinski definition) is 4. The Bertz CT molecular complexity index is 1540. The first-order valence-electron chi connectivity index (χ1n) is 13.0. The molecule has 0 spiro atoms. The first kappa shape index (κ1) is 30.5. The largest absolute Gasteiger partial charge is 0.573 e. The van der Waals surface area contributed by atoms with Crippen molar-refractivity contribution in [2.24, 2.45) is 0 Å². The Labute approximate surface area is 246 Å². The van der Waals surface area contributed by atoms with Crippen LogP contribution in [0.2, 0.25) is 0 Å². The lowest BCUT2D eigenvalue weighted by atomic mass is 10.0. The zero-order valence-corrected chi connectivity index (χ0v) is 24.1. The molecule has 1 amide bonds. The van der Waals surface area contributed by atoms with Crippen LogP contribution in [0.1, 0.15) is 50.8 Å². The molecule has 0 aliphatic heterocycles. The third-order valence-corrected chi connectivity index (χ3v) is 6.32. The minimum absolute atomic E-state index is 0.114. The third-order valence-electron chi connectivity index (χ3n) is 6.11. The number of hydrazine groups is 1. The van der Waals surface area contributed by atoms with Crippen molar-refractivity contribution in [3.8, 4) is 22.8 Å². The summed E-state index contributed by atoms with van der Waals surface area (Å²) in [7, 11) is 0. The second kappa shape index (κ2) is 13.0. The van der Waals surface area contributed by atoms with Crippen LogP contribution in [-0.4, -0.2) is 32.1 Å². The van der Waals surface area contributed by atoms with Gasteiger partial charge in [0.1, 0.15) is 5.75 Å². The van der Waals surface area contributed by atoms with Crippen molar-refractivity contribution in [1.29, 1.82) is 0 Å². The summed E-state index contributed by atoms with van der Waals surface area (Å²) in [5.74, 6) is 0.0159. The van der Waals surface area contributed by atoms with Gasteiger partial charge in [0.2, 0.25) is 11.9 Å². The lowest BCUT2D eigenvalue weighted by Gasteiger charge is -2.19. The highest BCUT2D eigenvalue weighted by Crippen LogP contribution is 2.27. The molecule has 0 saturated heterocycles. The maximum absolute atomic E-state index is 12.5. The van der Waals surface area contributed by atoms with Gasteiger partial charge < -0.3 is 10.1 Å². The Balaban J connectivity index is 1.44. The van der Waals surface area contributed by atoms with Gasteiger partial charge in [-0.15, -0.1) is 18.3 Å². The first-order valence-corrected chi connectivity index (χ1v) is 13.4. The quantitative estimate of drug-likeness (QED) is 0.129. The zero-order chi connectivity index (χ0) is 30.4. The number of ether oxygens (including phenoxy) is 1. The number of hydrogen-bond acceptors (Lipinski definition) is 6. The number of amides is 1. The number of alkyl halides is 3. The van der Waals surface area contributed by atoms with E-state index in [1.165, 1.54) is 23.7 Å². The minimum Gasteiger partial charge on any atom is -0.406 e. The number of aromatic nitrogens is 3. The molecule has 1 unspecified atom stereocenters. The molecule has 0 fully saturated rings. The number of carbonyl (C=O) groups is 1. The molecular weight excluding hydrogens is 567 g/mol. The van der Waals surface area contributed by atoms with Crippen LogP contribution in [0.15, 0.2) is 72.8 Å². The lowest BCUT2D eigenvalue weighted by Crippen LogP contribution is -2.41. The maximum atomic E-state index is 12.5. The Morgan fingerprint density at radius 2 is 1.62 bits per heavy atom. The van der Waals surface area contributed by atoms with Gasteiger partial charge in [-0.2, -0.15) is 9.67 Å². The van der Waals surface area contributed by atoms with E-state index in [-0.39, 0.29) is 23.6 Å². The summed E-state index contributed by atoms with van der Waals surface area (Å²) in [5.41, 5.74) is 10.3. The molecule has 1 heterocycles. The van der Waals surface area contributed by atoms with Gasteiger partial charge in [-0.1, -0.05) is 56.3 Å². The van der Waals surface area contributed by atoms with Gasteiger partial charge in [0.05, 0.1) is 5.69 Å². The van der Waals surface area contributed by atoms with Gasteiger partial charge in [-0.25, -0.2) is 5.43 Å². The van der Waals surface area contributed by atoms with E-state index >= 15 is 0 Å². The van der Waals surface area contributed by atoms with Gasteiger partial charge in [-0.3, -0.25) is 15.5 Å². The Morgan fingerprint density at radius 1 is 0.952 bits per heavy atom. The molecule has 0 aliphatic rings. The number of nitrogens with zero attached hydrogens (tertiary/aromatic N) is 3. The van der Waals surface area contributed by atoms with Gasteiger partial charge >= 0.3 is 6.36 Å². The highest BCUT2D eigenvalue weighted by atomic mass is 32.1. The van der Waals surface area contributed by atoms with Crippen LogP contribution in [0.4, 0.5) is 24.8 Å². The molecule has 0 radical (unpaired) electrons. The van der Waals surface area contributed by atoms with Crippen LogP contribution in [0.3, 0.4) is 0 Å². The fraction of sp³-hybridized carbons (Fsp3) is 0.241. The number of benzene rings is 3. The molecule has 0 bridgehead atoms. The highest BCUT2D eigenvalue weighted by Gasteiger charge is 2.31. The number of para-hydroxylation sites is 1. The number of carbonyl (C=O) groups excluding carboxylic acids is 1. The maximum Gasteiger partial charge on any atom is 0.573 e. The van der Waals surface area contributed by atoms with E-state index in [2.05, 4.69) is 56.2 Å². The summed E-state index contributed by atoms with van der Waals surface area (Å²) in [4.78, 5) is 16.2. The third kappa shape index (κ3) is 8.04. The second-order valence-electron chi connectivity index (χ2n) is 9.70. The molecule has 0 saturated carbocycles. The number of thiocarbonyl (C=S) groups is 1. The van der Waals surface area contributed by atoms with Gasteiger partial charge in [0, 0.05) is 24.2 Å². The predicted octanol–water partition coefficient (Wildman–Crippen LogP) is 6.47. The average Bonchev–Trinajstić information content (AvgIpc) is 3.34. The number of halogens is 3. The Kier molecular flexibility index (Phi) is 9.43. The summed E-state index contributed by atoms with van der Waals surface area (Å²) in [6, 6.07) is 20.4. The fourth-order valence-electron chi connectivity index (χ4n) is 4.09. The SMILES string of the molecule is CC(=O)Nc1nc(-c2ccc(C(C)NNC(=S)Nc3ccccc3C(C)C)cc2)nn1-c1ccc(OC(F)(F)F)cc1. The molecule has 1 atom stereocenters. The topological polar surface area (TPSA) is 105 Å². The van der Waals surface area contributed by atoms with Crippen molar-refractivity contribution in [2.45, 2.75) is 46.0 Å². The Hall–Kier alpha value is -4.49. The van der Waals surface area contributed by atoms with Crippen molar-refractivity contribution in [1.82, 2.24) is 25.6 Å². The van der Waals surface area contributed by atoms with E-state index in [1.807, 2.05) is 49.4 Å². The summed E-state index contributed by atoms with van der Waals surface area (Å²) in [5, 5.41) is 10.7. The molecule has 9 nitrogen and oxygen atoms in total. The van der Waals surface area contributed by atoms with Gasteiger partial charge in [0.15, 0.2) is 10.9 Å². The van der Waals surface area contributed by atoms with Crippen molar-refractivity contribution in [3.05, 3.63) is 83.9 Å². The van der Waals surface area contributed by atoms with Crippen LogP contribution in [0.25, 0.3) is 17.1 Å². The standard InChI is InChI=1S/C29H30F3N7O2S/c1-17(2)24-7-5-6-8-25(24)34-28(42)37-36-18(3)20-9-11-21(12-10-20)26-35-27(33-19(4)40)39(38-26)22-13-15-23(16-14-22)41-29(30,31)32/h5-18,36H,1-4H3,(H2,34,37,42)(H,33,35,38,40). The summed E-state index contributed by atoms with van der Waals surface area (Å²) in [6.45, 7) is 7.53. The van der Waals surface area contributed by atoms with E-state index in [0.717, 1.165) is 28.9 Å². The molecule has 42 heavy (non-hydrogen) atoms. The minimum atomic E-state index is -4.80. The zero-order valence-electron chi connectivity index (χ0n) is 23.3. The number of nitrogens with one attached hydrogen (secondary N) is 4. The summed E-state index contributed by atoms with van der Waals surface area (Å²) in [6.07, 6.45) is -4.80. The second-order valence-corrected chi connectivity index (χ2v) is 10.1. The summed E-state index contributed by atoms with van der Waals surface area (Å²) >= 11 is 5.46. The normalized spacial score (nSPS) is 12.1. The molecule has 4 rings (SSSR count). The Morgan fingerprint density at radius 3 is 2.24 bits per heavy atom. The number of rotatable bonds is 9. The van der Waals surface area contributed by atoms with Crippen LogP contribution >= 0.6 is 12.2 Å². The average molecular weight is 598 g/mol. The van der Waals surface area contributed by atoms with Crippen LogP contribution in [0, 0.1) is 0 Å². The molecule has 3 aromatic carbocycles. The van der Waals surface area contributed by atoms with Gasteiger partial charge in [-0.05, 0) is 66.5 Å². The van der Waals surface area contributed by atoms with E-state index in [1.54, 1.807) is 0 Å². The fourth-order valence-corrected chi connectivity index (χ4v) is 4.26. The van der Waals surface area contributed by atoms with E-state index in [0.29, 0.717) is 28.1 Å². The van der Waals surface area contributed by atoms with Crippen molar-refractivity contribution < 1.29 is 22.7 Å². The van der Waals surface area contributed by atoms with Crippen LogP contribution in [0.5, 0.6) is 5.75 Å². The van der Waals surface area contributed by atoms with Crippen molar-refractivity contribution in [2.75, 3.05) is 10.6 Å². The molecule has 13 heteroatoms.